The number of ketones is 1. The molecule has 5 nitrogen and oxygen atoms in total. The SMILES string of the molecule is Cc1ncc(-c2cnc3cnc(CC(=O)C4CCCCC4)cc3c2)n1C. The molecular formula is C21H24N4O. The van der Waals surface area contributed by atoms with E-state index < -0.39 is 0 Å². The largest absolute Gasteiger partial charge is 0.331 e. The number of fused-ring (bicyclic) bond motifs is 1. The Balaban J connectivity index is 1.61. The maximum Gasteiger partial charge on any atom is 0.141 e. The van der Waals surface area contributed by atoms with E-state index in [0.29, 0.717) is 12.2 Å². The number of hydrogen-bond donors (Lipinski definition) is 0. The smallest absolute Gasteiger partial charge is 0.141 e. The third-order valence-electron chi connectivity index (χ3n) is 5.56. The van der Waals surface area contributed by atoms with Crippen LogP contribution in [0.25, 0.3) is 22.2 Å². The van der Waals surface area contributed by atoms with Gasteiger partial charge < -0.3 is 4.57 Å². The number of rotatable bonds is 4. The van der Waals surface area contributed by atoms with Crippen molar-refractivity contribution < 1.29 is 4.79 Å². The minimum absolute atomic E-state index is 0.225. The van der Waals surface area contributed by atoms with Crippen LogP contribution in [0.1, 0.15) is 43.6 Å². The van der Waals surface area contributed by atoms with Gasteiger partial charge in [-0.05, 0) is 31.9 Å². The topological polar surface area (TPSA) is 60.7 Å². The van der Waals surface area contributed by atoms with Crippen LogP contribution in [0.4, 0.5) is 0 Å². The van der Waals surface area contributed by atoms with Gasteiger partial charge in [-0.25, -0.2) is 4.98 Å². The Bertz CT molecular complexity index is 954. The monoisotopic (exact) mass is 348 g/mol. The van der Waals surface area contributed by atoms with Gasteiger partial charge in [0.1, 0.15) is 11.6 Å². The molecule has 1 saturated carbocycles. The molecule has 3 heterocycles. The Morgan fingerprint density at radius 1 is 1.08 bits per heavy atom. The summed E-state index contributed by atoms with van der Waals surface area (Å²) < 4.78 is 2.05. The number of carbonyl (C=O) groups excluding carboxylic acids is 1. The van der Waals surface area contributed by atoms with Gasteiger partial charge in [0.25, 0.3) is 0 Å². The first-order valence-electron chi connectivity index (χ1n) is 9.38. The Labute approximate surface area is 153 Å². The van der Waals surface area contributed by atoms with Crippen LogP contribution in [0.3, 0.4) is 0 Å². The van der Waals surface area contributed by atoms with Crippen LogP contribution < -0.4 is 0 Å². The van der Waals surface area contributed by atoms with Crippen LogP contribution in [-0.4, -0.2) is 25.3 Å². The van der Waals surface area contributed by atoms with E-state index >= 15 is 0 Å². The molecule has 0 N–H and O–H groups in total. The van der Waals surface area contributed by atoms with Gasteiger partial charge in [0.2, 0.25) is 0 Å². The van der Waals surface area contributed by atoms with Gasteiger partial charge in [-0.3, -0.25) is 14.8 Å². The molecule has 3 aromatic heterocycles. The second kappa shape index (κ2) is 6.98. The molecular weight excluding hydrogens is 324 g/mol. The second-order valence-electron chi connectivity index (χ2n) is 7.32. The van der Waals surface area contributed by atoms with Crippen molar-refractivity contribution >= 4 is 16.7 Å². The van der Waals surface area contributed by atoms with Crippen molar-refractivity contribution in [2.45, 2.75) is 45.4 Å². The molecule has 134 valence electrons. The van der Waals surface area contributed by atoms with Crippen molar-refractivity contribution in [2.75, 3.05) is 0 Å². The molecule has 1 aliphatic rings. The molecule has 0 atom stereocenters. The molecule has 3 aromatic rings. The van der Waals surface area contributed by atoms with Gasteiger partial charge in [-0.1, -0.05) is 19.3 Å². The molecule has 0 aromatic carbocycles. The summed E-state index contributed by atoms with van der Waals surface area (Å²) in [6.07, 6.45) is 11.6. The summed E-state index contributed by atoms with van der Waals surface area (Å²) in [5.41, 5.74) is 3.75. The lowest BCUT2D eigenvalue weighted by molar-refractivity contribution is -0.123. The number of imidazole rings is 1. The number of nitrogens with zero attached hydrogens (tertiary/aromatic N) is 4. The zero-order valence-electron chi connectivity index (χ0n) is 15.4. The molecule has 26 heavy (non-hydrogen) atoms. The Morgan fingerprint density at radius 2 is 1.88 bits per heavy atom. The number of Topliss-reactive ketones (excluding diaryl/α,β-unsaturated/α-hetero) is 1. The molecule has 5 heteroatoms. The number of aryl methyl sites for hydroxylation is 1. The van der Waals surface area contributed by atoms with Crippen LogP contribution >= 0.6 is 0 Å². The summed E-state index contributed by atoms with van der Waals surface area (Å²) in [5.74, 6) is 1.53. The first-order chi connectivity index (χ1) is 12.6. The molecule has 0 unspecified atom stereocenters. The highest BCUT2D eigenvalue weighted by Crippen LogP contribution is 2.26. The molecule has 0 amide bonds. The van der Waals surface area contributed by atoms with Crippen molar-refractivity contribution in [3.8, 4) is 11.3 Å². The average molecular weight is 348 g/mol. The van der Waals surface area contributed by atoms with E-state index in [1.807, 2.05) is 32.4 Å². The first kappa shape index (κ1) is 16.9. The van der Waals surface area contributed by atoms with E-state index in [1.165, 1.54) is 19.3 Å². The van der Waals surface area contributed by atoms with E-state index in [9.17, 15) is 4.79 Å². The van der Waals surface area contributed by atoms with Crippen LogP contribution in [0.15, 0.2) is 30.7 Å². The van der Waals surface area contributed by atoms with Crippen molar-refractivity contribution in [1.82, 2.24) is 19.5 Å². The molecule has 4 rings (SSSR count). The Kier molecular flexibility index (Phi) is 4.53. The van der Waals surface area contributed by atoms with Crippen LogP contribution in [0.5, 0.6) is 0 Å². The fraction of sp³-hybridized carbons (Fsp3) is 0.429. The minimum atomic E-state index is 0.225. The number of carbonyl (C=O) groups is 1. The van der Waals surface area contributed by atoms with E-state index in [-0.39, 0.29) is 5.92 Å². The number of hydrogen-bond acceptors (Lipinski definition) is 4. The fourth-order valence-corrected chi connectivity index (χ4v) is 3.83. The maximum absolute atomic E-state index is 12.6. The lowest BCUT2D eigenvalue weighted by atomic mass is 9.85. The van der Waals surface area contributed by atoms with E-state index in [1.54, 1.807) is 6.20 Å². The fourth-order valence-electron chi connectivity index (χ4n) is 3.83. The zero-order valence-corrected chi connectivity index (χ0v) is 15.4. The molecule has 0 radical (unpaired) electrons. The predicted octanol–water partition coefficient (Wildman–Crippen LogP) is 4.03. The highest BCUT2D eigenvalue weighted by molar-refractivity contribution is 5.86. The summed E-state index contributed by atoms with van der Waals surface area (Å²) in [4.78, 5) is 25.9. The predicted molar refractivity (Wildman–Crippen MR) is 102 cm³/mol. The average Bonchev–Trinajstić information content (AvgIpc) is 3.00. The lowest BCUT2D eigenvalue weighted by Crippen LogP contribution is -2.20. The molecule has 0 bridgehead atoms. The summed E-state index contributed by atoms with van der Waals surface area (Å²) in [5, 5.41) is 1.02. The molecule has 0 saturated heterocycles. The third kappa shape index (κ3) is 3.26. The van der Waals surface area contributed by atoms with Crippen LogP contribution in [0, 0.1) is 12.8 Å². The molecule has 1 fully saturated rings. The van der Waals surface area contributed by atoms with Crippen LogP contribution in [0.2, 0.25) is 0 Å². The Morgan fingerprint density at radius 3 is 2.62 bits per heavy atom. The van der Waals surface area contributed by atoms with Gasteiger partial charge >= 0.3 is 0 Å². The zero-order chi connectivity index (χ0) is 18.1. The molecule has 1 aliphatic carbocycles. The second-order valence-corrected chi connectivity index (χ2v) is 7.32. The summed E-state index contributed by atoms with van der Waals surface area (Å²) in [6, 6.07) is 4.12. The van der Waals surface area contributed by atoms with Gasteiger partial charge in [0, 0.05) is 42.2 Å². The van der Waals surface area contributed by atoms with Crippen LogP contribution in [-0.2, 0) is 18.3 Å². The van der Waals surface area contributed by atoms with Gasteiger partial charge in [0.15, 0.2) is 0 Å². The first-order valence-corrected chi connectivity index (χ1v) is 9.38. The van der Waals surface area contributed by atoms with E-state index in [0.717, 1.165) is 46.5 Å². The number of aromatic nitrogens is 4. The van der Waals surface area contributed by atoms with Crippen molar-refractivity contribution in [3.63, 3.8) is 0 Å². The number of pyridine rings is 2. The highest BCUT2D eigenvalue weighted by atomic mass is 16.1. The summed E-state index contributed by atoms with van der Waals surface area (Å²) in [7, 11) is 2.00. The van der Waals surface area contributed by atoms with E-state index in [4.69, 9.17) is 0 Å². The normalized spacial score (nSPS) is 15.5. The summed E-state index contributed by atoms with van der Waals surface area (Å²) >= 11 is 0. The van der Waals surface area contributed by atoms with Crippen molar-refractivity contribution in [2.24, 2.45) is 13.0 Å². The third-order valence-corrected chi connectivity index (χ3v) is 5.56. The Hall–Kier alpha value is -2.56. The van der Waals surface area contributed by atoms with Crippen molar-refractivity contribution in [3.05, 3.63) is 42.2 Å². The standard InChI is InChI=1S/C21H24N4O/c1-14-22-13-20(25(14)2)17-8-16-9-18(23-12-19(16)24-11-17)10-21(26)15-6-4-3-5-7-15/h8-9,11-13,15H,3-7,10H2,1-2H3. The summed E-state index contributed by atoms with van der Waals surface area (Å²) in [6.45, 7) is 1.98. The molecule has 0 aliphatic heterocycles. The van der Waals surface area contributed by atoms with Crippen molar-refractivity contribution in [1.29, 1.82) is 0 Å². The molecule has 0 spiro atoms. The highest BCUT2D eigenvalue weighted by Gasteiger charge is 2.21. The van der Waals surface area contributed by atoms with Gasteiger partial charge in [0.05, 0.1) is 23.6 Å². The quantitative estimate of drug-likeness (QED) is 0.714. The van der Waals surface area contributed by atoms with Gasteiger partial charge in [-0.15, -0.1) is 0 Å². The minimum Gasteiger partial charge on any atom is -0.331 e. The van der Waals surface area contributed by atoms with E-state index in [2.05, 4.69) is 25.6 Å². The lowest BCUT2D eigenvalue weighted by Gasteiger charge is -2.20. The maximum atomic E-state index is 12.6. The van der Waals surface area contributed by atoms with Gasteiger partial charge in [-0.2, -0.15) is 0 Å².